The molecule has 0 saturated carbocycles. The van der Waals surface area contributed by atoms with Gasteiger partial charge in [-0.2, -0.15) is 4.73 Å². The fourth-order valence-corrected chi connectivity index (χ4v) is 1.49. The average Bonchev–Trinajstić information content (AvgIpc) is 2.39. The molecule has 0 aliphatic rings. The number of amides is 1. The van der Waals surface area contributed by atoms with E-state index in [0.717, 1.165) is 0 Å². The monoisotopic (exact) mass is 244 g/mol. The topological polar surface area (TPSA) is 65.3 Å². The third kappa shape index (κ3) is 2.76. The molecule has 1 heterocycles. The van der Waals surface area contributed by atoms with E-state index in [4.69, 9.17) is 4.74 Å². The molecule has 0 spiro atoms. The van der Waals surface area contributed by atoms with Gasteiger partial charge in [0.25, 0.3) is 5.91 Å². The average molecular weight is 244 g/mol. The van der Waals surface area contributed by atoms with Crippen LogP contribution in [-0.4, -0.2) is 13.0 Å². The minimum Gasteiger partial charge on any atom is -0.619 e. The summed E-state index contributed by atoms with van der Waals surface area (Å²) in [5.74, 6) is 0.313. The Morgan fingerprint density at radius 1 is 1.33 bits per heavy atom. The van der Waals surface area contributed by atoms with Crippen LogP contribution in [0.5, 0.6) is 5.75 Å². The smallest absolute Gasteiger partial charge is 0.261 e. The van der Waals surface area contributed by atoms with Gasteiger partial charge in [0.15, 0.2) is 12.4 Å². The van der Waals surface area contributed by atoms with Gasteiger partial charge in [-0.3, -0.25) is 4.79 Å². The number of rotatable bonds is 3. The number of hydrogen-bond acceptors (Lipinski definition) is 3. The predicted molar refractivity (Wildman–Crippen MR) is 66.3 cm³/mol. The van der Waals surface area contributed by atoms with Crippen molar-refractivity contribution in [2.24, 2.45) is 0 Å². The van der Waals surface area contributed by atoms with Crippen LogP contribution >= 0.6 is 0 Å². The van der Waals surface area contributed by atoms with Crippen LogP contribution in [0.3, 0.4) is 0 Å². The van der Waals surface area contributed by atoms with Crippen LogP contribution in [0.25, 0.3) is 0 Å². The van der Waals surface area contributed by atoms with Gasteiger partial charge in [-0.05, 0) is 18.2 Å². The van der Waals surface area contributed by atoms with E-state index in [-0.39, 0.29) is 5.91 Å². The van der Waals surface area contributed by atoms with Crippen LogP contribution in [0, 0.1) is 5.21 Å². The van der Waals surface area contributed by atoms with E-state index in [0.29, 0.717) is 21.7 Å². The quantitative estimate of drug-likeness (QED) is 0.658. The largest absolute Gasteiger partial charge is 0.619 e. The Hall–Kier alpha value is -2.56. The highest BCUT2D eigenvalue weighted by Crippen LogP contribution is 2.17. The second kappa shape index (κ2) is 5.18. The van der Waals surface area contributed by atoms with Crippen molar-refractivity contribution in [1.82, 2.24) is 0 Å². The van der Waals surface area contributed by atoms with E-state index in [1.54, 1.807) is 37.4 Å². The van der Waals surface area contributed by atoms with Crippen LogP contribution in [0.1, 0.15) is 10.4 Å². The van der Waals surface area contributed by atoms with Crippen molar-refractivity contribution in [2.75, 3.05) is 12.4 Å². The van der Waals surface area contributed by atoms with E-state index in [2.05, 4.69) is 5.32 Å². The number of hydrogen-bond donors (Lipinski definition) is 1. The van der Waals surface area contributed by atoms with Gasteiger partial charge in [0.05, 0.1) is 7.11 Å². The normalized spacial score (nSPS) is 9.83. The van der Waals surface area contributed by atoms with Crippen molar-refractivity contribution in [3.63, 3.8) is 0 Å². The molecule has 0 aliphatic heterocycles. The van der Waals surface area contributed by atoms with Crippen molar-refractivity contribution in [3.8, 4) is 5.75 Å². The van der Waals surface area contributed by atoms with E-state index in [9.17, 15) is 10.0 Å². The van der Waals surface area contributed by atoms with E-state index >= 15 is 0 Å². The summed E-state index contributed by atoms with van der Waals surface area (Å²) in [5.41, 5.74) is 0.913. The molecule has 18 heavy (non-hydrogen) atoms. The van der Waals surface area contributed by atoms with Gasteiger partial charge in [-0.15, -0.1) is 0 Å². The molecule has 5 heteroatoms. The Morgan fingerprint density at radius 3 is 2.89 bits per heavy atom. The SMILES string of the molecule is COc1cccc(NC(=O)c2ccc[n+]([O-])c2)c1. The maximum absolute atomic E-state index is 11.9. The first-order valence-corrected chi connectivity index (χ1v) is 5.33. The molecule has 0 bridgehead atoms. The Kier molecular flexibility index (Phi) is 3.43. The lowest BCUT2D eigenvalue weighted by Crippen LogP contribution is -2.27. The zero-order valence-corrected chi connectivity index (χ0v) is 9.79. The van der Waals surface area contributed by atoms with Crippen LogP contribution < -0.4 is 14.8 Å². The summed E-state index contributed by atoms with van der Waals surface area (Å²) in [5, 5.41) is 13.8. The first-order valence-electron chi connectivity index (χ1n) is 5.33. The zero-order valence-electron chi connectivity index (χ0n) is 9.79. The summed E-state index contributed by atoms with van der Waals surface area (Å²) in [4.78, 5) is 11.9. The van der Waals surface area contributed by atoms with Crippen molar-refractivity contribution in [1.29, 1.82) is 0 Å². The van der Waals surface area contributed by atoms with E-state index in [1.807, 2.05) is 0 Å². The van der Waals surface area contributed by atoms with Gasteiger partial charge < -0.3 is 15.3 Å². The molecule has 0 saturated heterocycles. The summed E-state index contributed by atoms with van der Waals surface area (Å²) in [7, 11) is 1.55. The van der Waals surface area contributed by atoms with Gasteiger partial charge in [0.2, 0.25) is 0 Å². The summed E-state index contributed by atoms with van der Waals surface area (Å²) in [6.45, 7) is 0. The Balaban J connectivity index is 2.16. The van der Waals surface area contributed by atoms with Gasteiger partial charge >= 0.3 is 0 Å². The predicted octanol–water partition coefficient (Wildman–Crippen LogP) is 1.58. The number of benzene rings is 1. The standard InChI is InChI=1S/C13H12N2O3/c1-18-12-6-2-5-11(8-12)14-13(16)10-4-3-7-15(17)9-10/h2-9H,1H3,(H,14,16). The molecule has 2 aromatic rings. The first kappa shape index (κ1) is 11.9. The van der Waals surface area contributed by atoms with Gasteiger partial charge in [0.1, 0.15) is 11.3 Å². The lowest BCUT2D eigenvalue weighted by Gasteiger charge is -2.06. The molecule has 1 N–H and O–H groups in total. The van der Waals surface area contributed by atoms with Gasteiger partial charge in [0, 0.05) is 17.8 Å². The Labute approximate surface area is 104 Å². The molecular weight excluding hydrogens is 232 g/mol. The molecule has 0 unspecified atom stereocenters. The van der Waals surface area contributed by atoms with Crippen LogP contribution in [0.15, 0.2) is 48.8 Å². The maximum atomic E-state index is 11.9. The van der Waals surface area contributed by atoms with Crippen molar-refractivity contribution < 1.29 is 14.3 Å². The molecule has 1 aromatic carbocycles. The van der Waals surface area contributed by atoms with Crippen molar-refractivity contribution in [3.05, 3.63) is 59.6 Å². The van der Waals surface area contributed by atoms with Gasteiger partial charge in [-0.25, -0.2) is 0 Å². The molecule has 0 radical (unpaired) electrons. The molecule has 5 nitrogen and oxygen atoms in total. The zero-order chi connectivity index (χ0) is 13.0. The molecule has 0 fully saturated rings. The molecule has 0 atom stereocenters. The summed E-state index contributed by atoms with van der Waals surface area (Å²) >= 11 is 0. The molecule has 1 aromatic heterocycles. The highest BCUT2D eigenvalue weighted by molar-refractivity contribution is 6.03. The number of carbonyl (C=O) groups excluding carboxylic acids is 1. The fourth-order valence-electron chi connectivity index (χ4n) is 1.49. The number of aromatic nitrogens is 1. The van der Waals surface area contributed by atoms with Crippen LogP contribution in [0.2, 0.25) is 0 Å². The highest BCUT2D eigenvalue weighted by Gasteiger charge is 2.09. The lowest BCUT2D eigenvalue weighted by atomic mass is 10.2. The number of anilines is 1. The highest BCUT2D eigenvalue weighted by atomic mass is 16.5. The van der Waals surface area contributed by atoms with Gasteiger partial charge in [-0.1, -0.05) is 6.07 Å². The third-order valence-electron chi connectivity index (χ3n) is 2.36. The molecule has 2 rings (SSSR count). The third-order valence-corrected chi connectivity index (χ3v) is 2.36. The second-order valence-electron chi connectivity index (χ2n) is 3.64. The van der Waals surface area contributed by atoms with Crippen molar-refractivity contribution >= 4 is 11.6 Å². The molecular formula is C13H12N2O3. The number of carbonyl (C=O) groups is 1. The number of nitrogens with zero attached hydrogens (tertiary/aromatic N) is 1. The molecule has 1 amide bonds. The molecule has 0 aliphatic carbocycles. The molecule has 92 valence electrons. The maximum Gasteiger partial charge on any atom is 0.261 e. The van der Waals surface area contributed by atoms with Crippen LogP contribution in [-0.2, 0) is 0 Å². The number of nitrogens with one attached hydrogen (secondary N) is 1. The Morgan fingerprint density at radius 2 is 2.17 bits per heavy atom. The Bertz CT molecular complexity index is 570. The van der Waals surface area contributed by atoms with Crippen LogP contribution in [0.4, 0.5) is 5.69 Å². The lowest BCUT2D eigenvalue weighted by molar-refractivity contribution is -0.605. The van der Waals surface area contributed by atoms with Crippen molar-refractivity contribution in [2.45, 2.75) is 0 Å². The minimum atomic E-state index is -0.339. The van der Waals surface area contributed by atoms with E-state index < -0.39 is 0 Å². The first-order chi connectivity index (χ1) is 8.69. The number of ether oxygens (including phenoxy) is 1. The summed E-state index contributed by atoms with van der Waals surface area (Å²) in [6, 6.07) is 10.1. The second-order valence-corrected chi connectivity index (χ2v) is 3.64. The number of pyridine rings is 1. The summed E-state index contributed by atoms with van der Waals surface area (Å²) in [6.07, 6.45) is 2.54. The minimum absolute atomic E-state index is 0.301. The van der Waals surface area contributed by atoms with E-state index in [1.165, 1.54) is 18.5 Å². The summed E-state index contributed by atoms with van der Waals surface area (Å²) < 4.78 is 5.64. The number of methoxy groups -OCH3 is 1. The fraction of sp³-hybridized carbons (Fsp3) is 0.0769.